The van der Waals surface area contributed by atoms with Gasteiger partial charge < -0.3 is 9.38 Å². The minimum atomic E-state index is -3.91. The molecule has 1 N–H and O–H groups in total. The van der Waals surface area contributed by atoms with Crippen molar-refractivity contribution in [3.05, 3.63) is 11.6 Å². The molecular weight excluding hydrogens is 361 g/mol. The lowest BCUT2D eigenvalue weighted by molar-refractivity contribution is -0.870. The zero-order valence-corrected chi connectivity index (χ0v) is 18.9. The first-order chi connectivity index (χ1) is 12.8. The van der Waals surface area contributed by atoms with Crippen molar-refractivity contribution >= 4 is 7.82 Å². The van der Waals surface area contributed by atoms with E-state index in [0.717, 1.165) is 12.8 Å². The second kappa shape index (κ2) is 13.9. The van der Waals surface area contributed by atoms with Crippen LogP contribution in [0.15, 0.2) is 11.6 Å². The summed E-state index contributed by atoms with van der Waals surface area (Å²) in [6, 6.07) is 0. The summed E-state index contributed by atoms with van der Waals surface area (Å²) < 4.78 is 22.7. The fraction of sp³-hybridized carbons (Fsp3) is 0.905. The Labute approximate surface area is 167 Å². The van der Waals surface area contributed by atoms with Crippen LogP contribution < -0.4 is 0 Å². The summed E-state index contributed by atoms with van der Waals surface area (Å²) in [6.45, 7) is 1.16. The average Bonchev–Trinajstić information content (AvgIpc) is 2.55. The van der Waals surface area contributed by atoms with Crippen molar-refractivity contribution in [1.29, 1.82) is 0 Å². The second-order valence-corrected chi connectivity index (χ2v) is 10.3. The summed E-state index contributed by atoms with van der Waals surface area (Å²) in [4.78, 5) is 9.72. The van der Waals surface area contributed by atoms with Gasteiger partial charge in [0.05, 0.1) is 27.7 Å². The summed E-state index contributed by atoms with van der Waals surface area (Å²) in [5, 5.41) is 0. The Hall–Kier alpha value is -0.190. The first-order valence-corrected chi connectivity index (χ1v) is 12.4. The molecule has 0 aromatic heterocycles. The van der Waals surface area contributed by atoms with E-state index >= 15 is 0 Å². The van der Waals surface area contributed by atoms with E-state index < -0.39 is 7.82 Å². The lowest BCUT2D eigenvalue weighted by Gasteiger charge is -2.24. The molecule has 0 bridgehead atoms. The van der Waals surface area contributed by atoms with Crippen molar-refractivity contribution in [3.8, 4) is 0 Å². The SMILES string of the molecule is C[N+](C)(C)CCOP(=O)(O)OCCCC=C1CCCCCCCCCCC1. The lowest BCUT2D eigenvalue weighted by Crippen LogP contribution is -2.37. The molecule has 1 unspecified atom stereocenters. The number of phosphoric ester groups is 1. The molecule has 0 aromatic rings. The molecule has 1 saturated carbocycles. The van der Waals surface area contributed by atoms with E-state index in [0.29, 0.717) is 11.0 Å². The van der Waals surface area contributed by atoms with Crippen molar-refractivity contribution in [2.45, 2.75) is 83.5 Å². The molecule has 1 atom stereocenters. The van der Waals surface area contributed by atoms with Crippen LogP contribution in [0.3, 0.4) is 0 Å². The molecule has 1 fully saturated rings. The molecule has 0 spiro atoms. The first-order valence-electron chi connectivity index (χ1n) is 10.9. The van der Waals surface area contributed by atoms with E-state index in [1.165, 1.54) is 70.6 Å². The number of nitrogens with zero attached hydrogens (tertiary/aromatic N) is 1. The highest BCUT2D eigenvalue weighted by molar-refractivity contribution is 7.47. The number of unbranched alkanes of at least 4 members (excludes halogenated alkanes) is 1. The third-order valence-electron chi connectivity index (χ3n) is 5.05. The Balaban J connectivity index is 2.24. The molecule has 0 amide bonds. The number of hydrogen-bond donors (Lipinski definition) is 1. The first kappa shape index (κ1) is 24.8. The van der Waals surface area contributed by atoms with E-state index in [2.05, 4.69) is 6.08 Å². The minimum Gasteiger partial charge on any atom is -0.329 e. The van der Waals surface area contributed by atoms with Crippen LogP contribution in [0, 0.1) is 0 Å². The van der Waals surface area contributed by atoms with Gasteiger partial charge in [0, 0.05) is 0 Å². The fourth-order valence-corrected chi connectivity index (χ4v) is 4.05. The molecule has 1 rings (SSSR count). The second-order valence-electron chi connectivity index (χ2n) is 8.84. The molecule has 0 heterocycles. The molecule has 1 aliphatic carbocycles. The van der Waals surface area contributed by atoms with E-state index in [9.17, 15) is 9.46 Å². The fourth-order valence-electron chi connectivity index (χ4n) is 3.31. The van der Waals surface area contributed by atoms with Crippen LogP contribution in [-0.4, -0.2) is 50.3 Å². The minimum absolute atomic E-state index is 0.224. The maximum absolute atomic E-state index is 11.9. The van der Waals surface area contributed by atoms with Gasteiger partial charge >= 0.3 is 7.82 Å². The molecule has 5 nitrogen and oxygen atoms in total. The Morgan fingerprint density at radius 2 is 1.37 bits per heavy atom. The molecular formula is C21H43NO4P+. The average molecular weight is 405 g/mol. The third kappa shape index (κ3) is 15.4. The van der Waals surface area contributed by atoms with Crippen LogP contribution in [-0.2, 0) is 13.6 Å². The van der Waals surface area contributed by atoms with Gasteiger partial charge in [-0.15, -0.1) is 0 Å². The van der Waals surface area contributed by atoms with Crippen molar-refractivity contribution < 1.29 is 23.0 Å². The van der Waals surface area contributed by atoms with Crippen LogP contribution in [0.2, 0.25) is 0 Å². The van der Waals surface area contributed by atoms with Crippen LogP contribution in [0.25, 0.3) is 0 Å². The van der Waals surface area contributed by atoms with Gasteiger partial charge in [0.2, 0.25) is 0 Å². The molecule has 1 aliphatic rings. The highest BCUT2D eigenvalue weighted by Crippen LogP contribution is 2.43. The number of rotatable bonds is 9. The van der Waals surface area contributed by atoms with E-state index in [1.807, 2.05) is 21.1 Å². The van der Waals surface area contributed by atoms with Gasteiger partial charge in [-0.3, -0.25) is 9.05 Å². The van der Waals surface area contributed by atoms with Gasteiger partial charge in [0.25, 0.3) is 0 Å². The highest BCUT2D eigenvalue weighted by Gasteiger charge is 2.21. The predicted octanol–water partition coefficient (Wildman–Crippen LogP) is 5.84. The van der Waals surface area contributed by atoms with E-state index in [4.69, 9.17) is 9.05 Å². The Morgan fingerprint density at radius 1 is 0.889 bits per heavy atom. The number of quaternary nitrogens is 1. The van der Waals surface area contributed by atoms with Crippen molar-refractivity contribution in [2.75, 3.05) is 40.9 Å². The molecule has 160 valence electrons. The zero-order valence-electron chi connectivity index (χ0n) is 18.0. The van der Waals surface area contributed by atoms with Crippen LogP contribution in [0.5, 0.6) is 0 Å². The van der Waals surface area contributed by atoms with Crippen LogP contribution in [0.4, 0.5) is 0 Å². The Kier molecular flexibility index (Phi) is 12.8. The Bertz CT molecular complexity index is 446. The molecule has 0 saturated heterocycles. The highest BCUT2D eigenvalue weighted by atomic mass is 31.2. The summed E-state index contributed by atoms with van der Waals surface area (Å²) in [7, 11) is 2.14. The predicted molar refractivity (Wildman–Crippen MR) is 113 cm³/mol. The smallest absolute Gasteiger partial charge is 0.329 e. The number of allylic oxidation sites excluding steroid dienone is 2. The molecule has 0 aromatic carbocycles. The lowest BCUT2D eigenvalue weighted by atomic mass is 9.96. The maximum atomic E-state index is 11.9. The zero-order chi connectivity index (χ0) is 20.0. The molecule has 0 aliphatic heterocycles. The number of hydrogen-bond acceptors (Lipinski definition) is 3. The normalized spacial score (nSPS) is 20.4. The standard InChI is InChI=1S/C21H42NO4P/c1-22(2,3)18-20-26-27(23,24)25-19-14-13-17-21-15-11-9-7-5-4-6-8-10-12-16-21/h17H,4-16,18-20H2,1-3H3/p+1. The third-order valence-corrected chi connectivity index (χ3v) is 6.07. The van der Waals surface area contributed by atoms with Gasteiger partial charge in [0.15, 0.2) is 0 Å². The maximum Gasteiger partial charge on any atom is 0.472 e. The number of likely N-dealkylation sites (N-methyl/N-ethyl adjacent to an activating group) is 1. The summed E-state index contributed by atoms with van der Waals surface area (Å²) in [5.41, 5.74) is 1.57. The van der Waals surface area contributed by atoms with Gasteiger partial charge in [-0.25, -0.2) is 4.57 Å². The van der Waals surface area contributed by atoms with Crippen LogP contribution >= 0.6 is 7.82 Å². The molecule has 27 heavy (non-hydrogen) atoms. The van der Waals surface area contributed by atoms with Crippen molar-refractivity contribution in [3.63, 3.8) is 0 Å². The molecule has 0 radical (unpaired) electrons. The van der Waals surface area contributed by atoms with Crippen LogP contribution in [0.1, 0.15) is 83.5 Å². The topological polar surface area (TPSA) is 55.8 Å². The van der Waals surface area contributed by atoms with E-state index in [1.54, 1.807) is 5.57 Å². The summed E-state index contributed by atoms with van der Waals surface area (Å²) in [5.74, 6) is 0. The number of phosphoric acid groups is 1. The largest absolute Gasteiger partial charge is 0.472 e. The quantitative estimate of drug-likeness (QED) is 0.227. The van der Waals surface area contributed by atoms with Gasteiger partial charge in [-0.05, 0) is 38.5 Å². The Morgan fingerprint density at radius 3 is 1.89 bits per heavy atom. The monoisotopic (exact) mass is 404 g/mol. The van der Waals surface area contributed by atoms with Gasteiger partial charge in [-0.1, -0.05) is 56.6 Å². The van der Waals surface area contributed by atoms with Gasteiger partial charge in [-0.2, -0.15) is 0 Å². The van der Waals surface area contributed by atoms with Crippen molar-refractivity contribution in [1.82, 2.24) is 0 Å². The summed E-state index contributed by atoms with van der Waals surface area (Å²) >= 11 is 0. The summed E-state index contributed by atoms with van der Waals surface area (Å²) in [6.07, 6.45) is 18.7. The molecule has 6 heteroatoms. The van der Waals surface area contributed by atoms with E-state index in [-0.39, 0.29) is 13.2 Å². The van der Waals surface area contributed by atoms with Gasteiger partial charge in [0.1, 0.15) is 13.2 Å². The van der Waals surface area contributed by atoms with Crippen molar-refractivity contribution in [2.24, 2.45) is 0 Å².